The lowest BCUT2D eigenvalue weighted by Crippen LogP contribution is -2.15. The first-order chi connectivity index (χ1) is 9.31. The maximum absolute atomic E-state index is 3.44. The van der Waals surface area contributed by atoms with Gasteiger partial charge in [-0.15, -0.1) is 11.3 Å². The number of hydrogen-bond donors (Lipinski definition) is 1. The third-order valence-electron chi connectivity index (χ3n) is 3.27. The van der Waals surface area contributed by atoms with Crippen LogP contribution in [-0.2, 0) is 6.42 Å². The second-order valence-corrected chi connectivity index (χ2v) is 5.93. The molecule has 0 aliphatic heterocycles. The number of nitrogens with one attached hydrogen (secondary N) is 1. The van der Waals surface area contributed by atoms with Gasteiger partial charge in [0.25, 0.3) is 0 Å². The molecule has 0 spiro atoms. The van der Waals surface area contributed by atoms with E-state index < -0.39 is 0 Å². The molecular weight excluding hydrogens is 250 g/mol. The molecule has 1 aromatic heterocycles. The molecule has 2 rings (SSSR count). The number of thiophene rings is 1. The number of fused-ring (bicyclic) bond motifs is 1. The highest BCUT2D eigenvalue weighted by Gasteiger charge is 2.03. The predicted molar refractivity (Wildman–Crippen MR) is 87.1 cm³/mol. The minimum absolute atomic E-state index is 1.08. The molecule has 0 aliphatic rings. The first-order valence-electron chi connectivity index (χ1n) is 7.12. The Hall–Kier alpha value is -1.12. The molecule has 0 saturated carbocycles. The molecule has 0 bridgehead atoms. The van der Waals surface area contributed by atoms with Gasteiger partial charge < -0.3 is 5.32 Å². The number of hydrogen-bond acceptors (Lipinski definition) is 2. The van der Waals surface area contributed by atoms with Crippen LogP contribution in [0.15, 0.2) is 41.3 Å². The van der Waals surface area contributed by atoms with Crippen LogP contribution in [0, 0.1) is 0 Å². The molecule has 0 fully saturated rings. The van der Waals surface area contributed by atoms with Crippen molar-refractivity contribution in [1.29, 1.82) is 0 Å². The molecule has 1 N–H and O–H groups in total. The van der Waals surface area contributed by atoms with Crippen molar-refractivity contribution in [2.24, 2.45) is 0 Å². The molecule has 0 unspecified atom stereocenters. The van der Waals surface area contributed by atoms with E-state index in [1.165, 1.54) is 27.6 Å². The molecule has 2 aromatic rings. The molecule has 2 heteroatoms. The van der Waals surface area contributed by atoms with Crippen LogP contribution in [0.2, 0.25) is 0 Å². The molecule has 0 radical (unpaired) electrons. The monoisotopic (exact) mass is 273 g/mol. The average Bonchev–Trinajstić information content (AvgIpc) is 2.82. The minimum atomic E-state index is 1.08. The van der Waals surface area contributed by atoms with Gasteiger partial charge in [-0.2, -0.15) is 0 Å². The summed E-state index contributed by atoms with van der Waals surface area (Å²) in [7, 11) is 0. The van der Waals surface area contributed by atoms with E-state index >= 15 is 0 Å². The van der Waals surface area contributed by atoms with E-state index in [9.17, 15) is 0 Å². The van der Waals surface area contributed by atoms with Gasteiger partial charge in [-0.05, 0) is 61.7 Å². The Morgan fingerprint density at radius 2 is 2.11 bits per heavy atom. The van der Waals surface area contributed by atoms with E-state index in [0.717, 1.165) is 25.9 Å². The van der Waals surface area contributed by atoms with Crippen LogP contribution < -0.4 is 5.32 Å². The highest BCUT2D eigenvalue weighted by molar-refractivity contribution is 7.17. The van der Waals surface area contributed by atoms with Crippen LogP contribution in [-0.4, -0.2) is 13.1 Å². The third-order valence-corrected chi connectivity index (χ3v) is 4.28. The van der Waals surface area contributed by atoms with Crippen LogP contribution in [0.5, 0.6) is 0 Å². The van der Waals surface area contributed by atoms with Gasteiger partial charge in [0.2, 0.25) is 0 Å². The summed E-state index contributed by atoms with van der Waals surface area (Å²) in [5, 5.41) is 7.16. The van der Waals surface area contributed by atoms with Crippen LogP contribution in [0.3, 0.4) is 0 Å². The minimum Gasteiger partial charge on any atom is -0.316 e. The Balaban J connectivity index is 1.91. The highest BCUT2D eigenvalue weighted by atomic mass is 32.1. The van der Waals surface area contributed by atoms with Crippen LogP contribution in [0.4, 0.5) is 0 Å². The standard InChI is InChI=1S/C17H23NS/c1-3-10-18-11-6-7-14(2)12-15-13-19-17-9-5-4-8-16(15)17/h4-5,7-9,13,18H,3,6,10-12H2,1-2H3. The molecule has 0 aliphatic carbocycles. The van der Waals surface area contributed by atoms with Crippen molar-refractivity contribution >= 4 is 21.4 Å². The normalized spacial score (nSPS) is 12.2. The van der Waals surface area contributed by atoms with Crippen molar-refractivity contribution in [3.8, 4) is 0 Å². The van der Waals surface area contributed by atoms with E-state index in [1.807, 2.05) is 11.3 Å². The maximum atomic E-state index is 3.44. The van der Waals surface area contributed by atoms with Gasteiger partial charge in [-0.1, -0.05) is 36.8 Å². The fourth-order valence-electron chi connectivity index (χ4n) is 2.26. The molecule has 102 valence electrons. The molecule has 0 amide bonds. The Kier molecular flexibility index (Phi) is 5.62. The Bertz CT molecular complexity index is 539. The third kappa shape index (κ3) is 4.19. The fourth-order valence-corrected chi connectivity index (χ4v) is 3.23. The summed E-state index contributed by atoms with van der Waals surface area (Å²) in [5.74, 6) is 0. The lowest BCUT2D eigenvalue weighted by atomic mass is 10.0. The van der Waals surface area contributed by atoms with Gasteiger partial charge in [-0.25, -0.2) is 0 Å². The number of rotatable bonds is 7. The zero-order valence-corrected chi connectivity index (χ0v) is 12.7. The smallest absolute Gasteiger partial charge is 0.0345 e. The van der Waals surface area contributed by atoms with E-state index in [2.05, 4.69) is 54.9 Å². The number of benzene rings is 1. The van der Waals surface area contributed by atoms with Gasteiger partial charge in [0.15, 0.2) is 0 Å². The quantitative estimate of drug-likeness (QED) is 0.565. The van der Waals surface area contributed by atoms with Gasteiger partial charge in [0, 0.05) is 4.70 Å². The summed E-state index contributed by atoms with van der Waals surface area (Å²) in [6, 6.07) is 8.69. The SMILES string of the molecule is CCCNCCC=C(C)Cc1csc2ccccc12. The predicted octanol–water partition coefficient (Wildman–Crippen LogP) is 4.78. The average molecular weight is 273 g/mol. The first kappa shape index (κ1) is 14.3. The van der Waals surface area contributed by atoms with E-state index in [1.54, 1.807) is 0 Å². The van der Waals surface area contributed by atoms with Crippen LogP contribution >= 0.6 is 11.3 Å². The Morgan fingerprint density at radius 1 is 1.26 bits per heavy atom. The van der Waals surface area contributed by atoms with Crippen molar-refractivity contribution in [2.75, 3.05) is 13.1 Å². The van der Waals surface area contributed by atoms with Gasteiger partial charge in [-0.3, -0.25) is 0 Å². The van der Waals surface area contributed by atoms with Crippen molar-refractivity contribution in [2.45, 2.75) is 33.1 Å². The fraction of sp³-hybridized carbons (Fsp3) is 0.412. The van der Waals surface area contributed by atoms with Gasteiger partial charge in [0.1, 0.15) is 0 Å². The van der Waals surface area contributed by atoms with Gasteiger partial charge >= 0.3 is 0 Å². The number of allylic oxidation sites excluding steroid dienone is 1. The molecule has 1 heterocycles. The van der Waals surface area contributed by atoms with E-state index in [-0.39, 0.29) is 0 Å². The largest absolute Gasteiger partial charge is 0.316 e. The second kappa shape index (κ2) is 7.46. The lowest BCUT2D eigenvalue weighted by molar-refractivity contribution is 0.677. The molecule has 1 nitrogen and oxygen atoms in total. The second-order valence-electron chi connectivity index (χ2n) is 5.02. The summed E-state index contributed by atoms with van der Waals surface area (Å²) >= 11 is 1.85. The molecule has 0 atom stereocenters. The van der Waals surface area contributed by atoms with E-state index in [4.69, 9.17) is 0 Å². The van der Waals surface area contributed by atoms with Crippen molar-refractivity contribution < 1.29 is 0 Å². The summed E-state index contributed by atoms with van der Waals surface area (Å²) in [5.41, 5.74) is 2.94. The molecule has 1 aromatic carbocycles. The van der Waals surface area contributed by atoms with Crippen molar-refractivity contribution in [3.63, 3.8) is 0 Å². The van der Waals surface area contributed by atoms with Crippen molar-refractivity contribution in [1.82, 2.24) is 5.32 Å². The summed E-state index contributed by atoms with van der Waals surface area (Å²) in [6.07, 6.45) is 5.80. The summed E-state index contributed by atoms with van der Waals surface area (Å²) in [4.78, 5) is 0. The topological polar surface area (TPSA) is 12.0 Å². The van der Waals surface area contributed by atoms with Crippen molar-refractivity contribution in [3.05, 3.63) is 46.9 Å². The molecule has 19 heavy (non-hydrogen) atoms. The van der Waals surface area contributed by atoms with E-state index in [0.29, 0.717) is 0 Å². The molecule has 0 saturated heterocycles. The van der Waals surface area contributed by atoms with Crippen LogP contribution in [0.25, 0.3) is 10.1 Å². The van der Waals surface area contributed by atoms with Crippen LogP contribution in [0.1, 0.15) is 32.3 Å². The lowest BCUT2D eigenvalue weighted by Gasteiger charge is -2.02. The summed E-state index contributed by atoms with van der Waals surface area (Å²) < 4.78 is 1.40. The first-order valence-corrected chi connectivity index (χ1v) is 8.00. The Labute approximate surface area is 120 Å². The zero-order valence-electron chi connectivity index (χ0n) is 11.9. The highest BCUT2D eigenvalue weighted by Crippen LogP contribution is 2.27. The zero-order chi connectivity index (χ0) is 13.5. The summed E-state index contributed by atoms with van der Waals surface area (Å²) in [6.45, 7) is 6.67. The Morgan fingerprint density at radius 3 is 2.95 bits per heavy atom. The molecular formula is C17H23NS. The maximum Gasteiger partial charge on any atom is 0.0345 e. The van der Waals surface area contributed by atoms with Gasteiger partial charge in [0.05, 0.1) is 0 Å².